The molecule has 0 aliphatic heterocycles. The standard InChI is InChI=1S/C14H20OS/c1-4-11(2)14(15)10-16-9-13-8-6-5-7-12(13)3/h5-8,11H,4,9-10H2,1-3H3. The van der Waals surface area contributed by atoms with Gasteiger partial charge in [-0.05, 0) is 24.5 Å². The molecule has 0 heterocycles. The van der Waals surface area contributed by atoms with Gasteiger partial charge in [0.05, 0.1) is 5.75 Å². The number of rotatable bonds is 6. The van der Waals surface area contributed by atoms with Crippen LogP contribution in [0.25, 0.3) is 0 Å². The first-order valence-electron chi connectivity index (χ1n) is 5.80. The highest BCUT2D eigenvalue weighted by Gasteiger charge is 2.10. The lowest BCUT2D eigenvalue weighted by molar-refractivity contribution is -0.119. The van der Waals surface area contributed by atoms with Gasteiger partial charge in [-0.25, -0.2) is 0 Å². The second kappa shape index (κ2) is 6.74. The topological polar surface area (TPSA) is 17.1 Å². The van der Waals surface area contributed by atoms with Crippen LogP contribution in [0.2, 0.25) is 0 Å². The second-order valence-electron chi connectivity index (χ2n) is 4.19. The molecule has 0 saturated heterocycles. The third-order valence-corrected chi connectivity index (χ3v) is 3.93. The van der Waals surface area contributed by atoms with E-state index >= 15 is 0 Å². The molecule has 0 spiro atoms. The van der Waals surface area contributed by atoms with Gasteiger partial charge >= 0.3 is 0 Å². The van der Waals surface area contributed by atoms with Gasteiger partial charge in [0.1, 0.15) is 5.78 Å². The van der Waals surface area contributed by atoms with Crippen LogP contribution in [0, 0.1) is 12.8 Å². The van der Waals surface area contributed by atoms with Crippen LogP contribution in [0.15, 0.2) is 24.3 Å². The zero-order valence-corrected chi connectivity index (χ0v) is 11.1. The molecule has 1 nitrogen and oxygen atoms in total. The molecule has 0 aromatic heterocycles. The third-order valence-electron chi connectivity index (χ3n) is 2.93. The fourth-order valence-electron chi connectivity index (χ4n) is 1.40. The maximum absolute atomic E-state index is 11.6. The summed E-state index contributed by atoms with van der Waals surface area (Å²) in [6.45, 7) is 6.19. The van der Waals surface area contributed by atoms with Crippen molar-refractivity contribution in [3.05, 3.63) is 35.4 Å². The van der Waals surface area contributed by atoms with Crippen molar-refractivity contribution in [2.24, 2.45) is 5.92 Å². The fraction of sp³-hybridized carbons (Fsp3) is 0.500. The first kappa shape index (κ1) is 13.3. The molecular weight excluding hydrogens is 216 g/mol. The zero-order valence-electron chi connectivity index (χ0n) is 10.3. The van der Waals surface area contributed by atoms with Crippen LogP contribution in [0.1, 0.15) is 31.4 Å². The van der Waals surface area contributed by atoms with E-state index in [1.807, 2.05) is 13.0 Å². The molecule has 0 aliphatic carbocycles. The molecule has 1 unspecified atom stereocenters. The van der Waals surface area contributed by atoms with Crippen molar-refractivity contribution in [2.75, 3.05) is 5.75 Å². The van der Waals surface area contributed by atoms with Crippen LogP contribution in [0.3, 0.4) is 0 Å². The summed E-state index contributed by atoms with van der Waals surface area (Å²) in [7, 11) is 0. The average Bonchev–Trinajstić information content (AvgIpc) is 2.30. The van der Waals surface area contributed by atoms with Crippen molar-refractivity contribution >= 4 is 17.5 Å². The molecule has 0 aliphatic rings. The van der Waals surface area contributed by atoms with Crippen LogP contribution in [0.5, 0.6) is 0 Å². The van der Waals surface area contributed by atoms with Crippen molar-refractivity contribution < 1.29 is 4.79 Å². The molecule has 0 N–H and O–H groups in total. The first-order chi connectivity index (χ1) is 7.65. The van der Waals surface area contributed by atoms with Crippen molar-refractivity contribution in [1.82, 2.24) is 0 Å². The van der Waals surface area contributed by atoms with E-state index in [4.69, 9.17) is 0 Å². The lowest BCUT2D eigenvalue weighted by atomic mass is 10.1. The largest absolute Gasteiger partial charge is 0.298 e. The Morgan fingerprint density at radius 1 is 1.38 bits per heavy atom. The molecule has 0 amide bonds. The van der Waals surface area contributed by atoms with Crippen LogP contribution < -0.4 is 0 Å². The molecule has 1 aromatic rings. The highest BCUT2D eigenvalue weighted by Crippen LogP contribution is 2.17. The monoisotopic (exact) mass is 236 g/mol. The second-order valence-corrected chi connectivity index (χ2v) is 5.18. The number of Topliss-reactive ketones (excluding diaryl/α,β-unsaturated/α-hetero) is 1. The molecule has 1 rings (SSSR count). The minimum atomic E-state index is 0.212. The lowest BCUT2D eigenvalue weighted by Crippen LogP contribution is -2.12. The van der Waals surface area contributed by atoms with Gasteiger partial charge in [-0.1, -0.05) is 38.1 Å². The molecule has 1 atom stereocenters. The summed E-state index contributed by atoms with van der Waals surface area (Å²) >= 11 is 1.72. The molecule has 2 heteroatoms. The van der Waals surface area contributed by atoms with Crippen molar-refractivity contribution in [1.29, 1.82) is 0 Å². The van der Waals surface area contributed by atoms with Gasteiger partial charge in [-0.2, -0.15) is 0 Å². The molecular formula is C14H20OS. The Balaban J connectivity index is 2.36. The Kier molecular flexibility index (Phi) is 5.61. The zero-order chi connectivity index (χ0) is 12.0. The van der Waals surface area contributed by atoms with E-state index in [9.17, 15) is 4.79 Å². The molecule has 0 radical (unpaired) electrons. The molecule has 0 bridgehead atoms. The van der Waals surface area contributed by atoms with E-state index < -0.39 is 0 Å². The van der Waals surface area contributed by atoms with Crippen molar-refractivity contribution in [2.45, 2.75) is 32.9 Å². The van der Waals surface area contributed by atoms with E-state index in [1.54, 1.807) is 11.8 Å². The minimum Gasteiger partial charge on any atom is -0.298 e. The molecule has 88 valence electrons. The summed E-state index contributed by atoms with van der Waals surface area (Å²) in [6.07, 6.45) is 0.948. The molecule has 0 saturated carbocycles. The minimum absolute atomic E-state index is 0.212. The quantitative estimate of drug-likeness (QED) is 0.746. The average molecular weight is 236 g/mol. The molecule has 0 fully saturated rings. The van der Waals surface area contributed by atoms with E-state index in [0.29, 0.717) is 11.5 Å². The number of thioether (sulfide) groups is 1. The normalized spacial score (nSPS) is 12.4. The molecule has 16 heavy (non-hydrogen) atoms. The predicted molar refractivity (Wildman–Crippen MR) is 71.8 cm³/mol. The van der Waals surface area contributed by atoms with Gasteiger partial charge in [-0.15, -0.1) is 11.8 Å². The Morgan fingerprint density at radius 3 is 2.69 bits per heavy atom. The Hall–Kier alpha value is -0.760. The fourth-order valence-corrected chi connectivity index (χ4v) is 2.54. The summed E-state index contributed by atoms with van der Waals surface area (Å²) in [5, 5.41) is 0. The van der Waals surface area contributed by atoms with E-state index in [0.717, 1.165) is 12.2 Å². The van der Waals surface area contributed by atoms with Crippen molar-refractivity contribution in [3.8, 4) is 0 Å². The highest BCUT2D eigenvalue weighted by atomic mass is 32.2. The van der Waals surface area contributed by atoms with Crippen LogP contribution in [-0.4, -0.2) is 11.5 Å². The number of carbonyl (C=O) groups excluding carboxylic acids is 1. The van der Waals surface area contributed by atoms with E-state index in [-0.39, 0.29) is 5.92 Å². The van der Waals surface area contributed by atoms with E-state index in [1.165, 1.54) is 11.1 Å². The van der Waals surface area contributed by atoms with Crippen LogP contribution >= 0.6 is 11.8 Å². The maximum Gasteiger partial charge on any atom is 0.145 e. The van der Waals surface area contributed by atoms with Gasteiger partial charge in [0.25, 0.3) is 0 Å². The summed E-state index contributed by atoms with van der Waals surface area (Å²) in [5.41, 5.74) is 2.65. The smallest absolute Gasteiger partial charge is 0.145 e. The number of ketones is 1. The van der Waals surface area contributed by atoms with Crippen LogP contribution in [-0.2, 0) is 10.5 Å². The number of aryl methyl sites for hydroxylation is 1. The lowest BCUT2D eigenvalue weighted by Gasteiger charge is -2.08. The SMILES string of the molecule is CCC(C)C(=O)CSCc1ccccc1C. The summed E-state index contributed by atoms with van der Waals surface area (Å²) < 4.78 is 0. The van der Waals surface area contributed by atoms with Gasteiger partial charge in [0.2, 0.25) is 0 Å². The highest BCUT2D eigenvalue weighted by molar-refractivity contribution is 7.99. The van der Waals surface area contributed by atoms with Gasteiger partial charge < -0.3 is 0 Å². The summed E-state index contributed by atoms with van der Waals surface area (Å²) in [5.74, 6) is 2.17. The number of hydrogen-bond donors (Lipinski definition) is 0. The van der Waals surface area contributed by atoms with Gasteiger partial charge in [0, 0.05) is 11.7 Å². The Bertz CT molecular complexity index is 346. The Labute approximate surface area is 103 Å². The van der Waals surface area contributed by atoms with Crippen molar-refractivity contribution in [3.63, 3.8) is 0 Å². The van der Waals surface area contributed by atoms with Gasteiger partial charge in [0.15, 0.2) is 0 Å². The maximum atomic E-state index is 11.6. The predicted octanol–water partition coefficient (Wildman–Crippen LogP) is 3.84. The number of hydrogen-bond acceptors (Lipinski definition) is 2. The first-order valence-corrected chi connectivity index (χ1v) is 6.95. The Morgan fingerprint density at radius 2 is 2.06 bits per heavy atom. The number of benzene rings is 1. The summed E-state index contributed by atoms with van der Waals surface area (Å²) in [6, 6.07) is 8.36. The summed E-state index contributed by atoms with van der Waals surface area (Å²) in [4.78, 5) is 11.6. The van der Waals surface area contributed by atoms with Crippen LogP contribution in [0.4, 0.5) is 0 Å². The van der Waals surface area contributed by atoms with Gasteiger partial charge in [-0.3, -0.25) is 4.79 Å². The number of carbonyl (C=O) groups is 1. The third kappa shape index (κ3) is 4.01. The molecule has 1 aromatic carbocycles. The van der Waals surface area contributed by atoms with E-state index in [2.05, 4.69) is 32.0 Å².